The molecule has 136 valence electrons. The minimum Gasteiger partial charge on any atom is -0.357 e. The summed E-state index contributed by atoms with van der Waals surface area (Å²) >= 11 is 0. The fourth-order valence-electron chi connectivity index (χ4n) is 3.93. The van der Waals surface area contributed by atoms with Gasteiger partial charge in [-0.15, -0.1) is 0 Å². The highest BCUT2D eigenvalue weighted by Gasteiger charge is 2.30. The first-order chi connectivity index (χ1) is 12.4. The highest BCUT2D eigenvalue weighted by atomic mass is 19.4. The van der Waals surface area contributed by atoms with Gasteiger partial charge in [-0.25, -0.2) is 0 Å². The van der Waals surface area contributed by atoms with Gasteiger partial charge in [0.15, 0.2) is 0 Å². The minimum absolute atomic E-state index is 0.179. The van der Waals surface area contributed by atoms with Gasteiger partial charge < -0.3 is 4.98 Å². The van der Waals surface area contributed by atoms with Crippen molar-refractivity contribution in [2.75, 3.05) is 6.54 Å². The van der Waals surface area contributed by atoms with Crippen LogP contribution in [0.4, 0.5) is 13.2 Å². The molecular weight excluding hydrogens is 337 g/mol. The van der Waals surface area contributed by atoms with E-state index in [0.717, 1.165) is 36.7 Å². The van der Waals surface area contributed by atoms with Crippen LogP contribution in [0.15, 0.2) is 48.5 Å². The summed E-state index contributed by atoms with van der Waals surface area (Å²) in [5.74, 6) is 0. The second-order valence-corrected chi connectivity index (χ2v) is 7.10. The number of aromatic nitrogens is 1. The first-order valence-electron chi connectivity index (χ1n) is 8.90. The molecule has 2 nitrogen and oxygen atoms in total. The molecule has 5 heteroatoms. The van der Waals surface area contributed by atoms with E-state index < -0.39 is 11.7 Å². The lowest BCUT2D eigenvalue weighted by molar-refractivity contribution is -0.137. The van der Waals surface area contributed by atoms with Crippen LogP contribution in [0, 0.1) is 0 Å². The van der Waals surface area contributed by atoms with E-state index in [-0.39, 0.29) is 6.04 Å². The van der Waals surface area contributed by atoms with E-state index in [1.165, 1.54) is 28.8 Å². The lowest BCUT2D eigenvalue weighted by Crippen LogP contribution is -2.38. The third-order valence-corrected chi connectivity index (χ3v) is 5.32. The zero-order valence-electron chi connectivity index (χ0n) is 14.6. The van der Waals surface area contributed by atoms with Crippen LogP contribution in [0.1, 0.15) is 29.3 Å². The van der Waals surface area contributed by atoms with Gasteiger partial charge in [0.05, 0.1) is 5.56 Å². The average Bonchev–Trinajstić information content (AvgIpc) is 2.99. The first kappa shape index (κ1) is 17.2. The van der Waals surface area contributed by atoms with Gasteiger partial charge in [0.1, 0.15) is 0 Å². The van der Waals surface area contributed by atoms with Crippen LogP contribution < -0.4 is 0 Å². The van der Waals surface area contributed by atoms with E-state index in [0.29, 0.717) is 6.42 Å². The number of aromatic amines is 1. The zero-order valence-corrected chi connectivity index (χ0v) is 14.6. The van der Waals surface area contributed by atoms with Crippen molar-refractivity contribution in [3.63, 3.8) is 0 Å². The number of para-hydroxylation sites is 1. The van der Waals surface area contributed by atoms with Gasteiger partial charge in [-0.1, -0.05) is 36.4 Å². The normalized spacial score (nSPS) is 16.6. The Labute approximate surface area is 150 Å². The Bertz CT molecular complexity index is 926. The SMILES string of the molecule is C[C@@H](Cc1cccc(C(F)(F)F)c1)N1CCc2c([nH]c3ccccc23)C1. The van der Waals surface area contributed by atoms with Crippen LogP contribution in [-0.2, 0) is 25.6 Å². The molecule has 0 saturated heterocycles. The molecule has 0 saturated carbocycles. The van der Waals surface area contributed by atoms with Crippen molar-refractivity contribution in [3.8, 4) is 0 Å². The van der Waals surface area contributed by atoms with Crippen molar-refractivity contribution in [2.45, 2.75) is 38.5 Å². The molecule has 0 fully saturated rings. The summed E-state index contributed by atoms with van der Waals surface area (Å²) in [6.45, 7) is 3.83. The van der Waals surface area contributed by atoms with Gasteiger partial charge in [0.2, 0.25) is 0 Å². The van der Waals surface area contributed by atoms with E-state index in [4.69, 9.17) is 0 Å². The van der Waals surface area contributed by atoms with Crippen LogP contribution in [0.25, 0.3) is 10.9 Å². The van der Waals surface area contributed by atoms with E-state index in [1.54, 1.807) is 6.07 Å². The van der Waals surface area contributed by atoms with E-state index in [1.807, 2.05) is 6.07 Å². The zero-order chi connectivity index (χ0) is 18.3. The summed E-state index contributed by atoms with van der Waals surface area (Å²) in [6, 6.07) is 14.2. The fourth-order valence-corrected chi connectivity index (χ4v) is 3.93. The van der Waals surface area contributed by atoms with E-state index >= 15 is 0 Å². The standard InChI is InChI=1S/C21H21F3N2/c1-14(11-15-5-4-6-16(12-15)21(22,23)24)26-10-9-18-17-7-2-3-8-19(17)25-20(18)13-26/h2-8,12,14,25H,9-11,13H2,1H3/t14-/m0/s1. The third kappa shape index (κ3) is 3.23. The summed E-state index contributed by atoms with van der Waals surface area (Å²) in [4.78, 5) is 5.85. The van der Waals surface area contributed by atoms with E-state index in [9.17, 15) is 13.2 Å². The predicted octanol–water partition coefficient (Wildman–Crippen LogP) is 5.18. The lowest BCUT2D eigenvalue weighted by Gasteiger charge is -2.32. The molecule has 3 aromatic rings. The molecule has 1 N–H and O–H groups in total. The molecule has 4 rings (SSSR count). The van der Waals surface area contributed by atoms with Gasteiger partial charge in [-0.3, -0.25) is 4.90 Å². The smallest absolute Gasteiger partial charge is 0.357 e. The maximum Gasteiger partial charge on any atom is 0.416 e. The van der Waals surface area contributed by atoms with Crippen molar-refractivity contribution < 1.29 is 13.2 Å². The van der Waals surface area contributed by atoms with Crippen molar-refractivity contribution in [1.29, 1.82) is 0 Å². The monoisotopic (exact) mass is 358 g/mol. The Morgan fingerprint density at radius 1 is 1.12 bits per heavy atom. The quantitative estimate of drug-likeness (QED) is 0.684. The Hall–Kier alpha value is -2.27. The number of benzene rings is 2. The van der Waals surface area contributed by atoms with Crippen LogP contribution in [-0.4, -0.2) is 22.5 Å². The van der Waals surface area contributed by atoms with Gasteiger partial charge in [-0.05, 0) is 43.0 Å². The van der Waals surface area contributed by atoms with Crippen molar-refractivity contribution in [2.24, 2.45) is 0 Å². The van der Waals surface area contributed by atoms with Crippen LogP contribution >= 0.6 is 0 Å². The molecule has 1 aliphatic heterocycles. The molecule has 0 radical (unpaired) electrons. The number of rotatable bonds is 3. The summed E-state index contributed by atoms with van der Waals surface area (Å²) in [5.41, 5.74) is 3.93. The molecule has 1 atom stereocenters. The Kier molecular flexibility index (Phi) is 4.27. The number of alkyl halides is 3. The topological polar surface area (TPSA) is 19.0 Å². The van der Waals surface area contributed by atoms with E-state index in [2.05, 4.69) is 35.0 Å². The van der Waals surface area contributed by atoms with Crippen LogP contribution in [0.2, 0.25) is 0 Å². The Morgan fingerprint density at radius 3 is 2.73 bits per heavy atom. The molecule has 26 heavy (non-hydrogen) atoms. The number of nitrogens with one attached hydrogen (secondary N) is 1. The van der Waals surface area contributed by atoms with Gasteiger partial charge in [0.25, 0.3) is 0 Å². The average molecular weight is 358 g/mol. The molecular formula is C21H21F3N2. The number of hydrogen-bond acceptors (Lipinski definition) is 1. The highest BCUT2D eigenvalue weighted by molar-refractivity contribution is 5.84. The molecule has 1 aliphatic rings. The maximum absolute atomic E-state index is 12.9. The molecule has 0 amide bonds. The summed E-state index contributed by atoms with van der Waals surface area (Å²) in [7, 11) is 0. The minimum atomic E-state index is -4.29. The number of halogens is 3. The van der Waals surface area contributed by atoms with Crippen molar-refractivity contribution in [3.05, 3.63) is 70.9 Å². The van der Waals surface area contributed by atoms with Crippen molar-refractivity contribution >= 4 is 10.9 Å². The first-order valence-corrected chi connectivity index (χ1v) is 8.90. The summed E-state index contributed by atoms with van der Waals surface area (Å²) in [5, 5.41) is 1.28. The largest absolute Gasteiger partial charge is 0.416 e. The number of hydrogen-bond donors (Lipinski definition) is 1. The van der Waals surface area contributed by atoms with Gasteiger partial charge >= 0.3 is 6.18 Å². The maximum atomic E-state index is 12.9. The number of H-pyrrole nitrogens is 1. The van der Waals surface area contributed by atoms with Crippen LogP contribution in [0.3, 0.4) is 0 Å². The predicted molar refractivity (Wildman–Crippen MR) is 97.0 cm³/mol. The van der Waals surface area contributed by atoms with Crippen LogP contribution in [0.5, 0.6) is 0 Å². The number of nitrogens with zero attached hydrogens (tertiary/aromatic N) is 1. The number of fused-ring (bicyclic) bond motifs is 3. The lowest BCUT2D eigenvalue weighted by atomic mass is 9.99. The van der Waals surface area contributed by atoms with Gasteiger partial charge in [0, 0.05) is 35.7 Å². The summed E-state index contributed by atoms with van der Waals surface area (Å²) < 4.78 is 38.7. The molecule has 2 aromatic carbocycles. The molecule has 2 heterocycles. The fraction of sp³-hybridized carbons (Fsp3) is 0.333. The Balaban J connectivity index is 1.50. The summed E-state index contributed by atoms with van der Waals surface area (Å²) in [6.07, 6.45) is -2.71. The second kappa shape index (κ2) is 6.47. The molecule has 1 aromatic heterocycles. The van der Waals surface area contributed by atoms with Gasteiger partial charge in [-0.2, -0.15) is 13.2 Å². The highest BCUT2D eigenvalue weighted by Crippen LogP contribution is 2.31. The molecule has 0 spiro atoms. The van der Waals surface area contributed by atoms with Crippen molar-refractivity contribution in [1.82, 2.24) is 9.88 Å². The molecule has 0 aliphatic carbocycles. The molecule has 0 unspecified atom stereocenters. The Morgan fingerprint density at radius 2 is 1.92 bits per heavy atom. The third-order valence-electron chi connectivity index (χ3n) is 5.32. The molecule has 0 bridgehead atoms. The second-order valence-electron chi connectivity index (χ2n) is 7.10.